The van der Waals surface area contributed by atoms with Gasteiger partial charge in [0.25, 0.3) is 0 Å². The fourth-order valence-corrected chi connectivity index (χ4v) is 0.316. The molecule has 0 aromatic rings. The van der Waals surface area contributed by atoms with Crippen LogP contribution in [0.3, 0.4) is 0 Å². The van der Waals surface area contributed by atoms with Crippen molar-refractivity contribution in [3.05, 3.63) is 12.2 Å². The van der Waals surface area contributed by atoms with E-state index in [0.717, 1.165) is 5.71 Å². The van der Waals surface area contributed by atoms with Crippen LogP contribution >= 0.6 is 0 Å². The van der Waals surface area contributed by atoms with Crippen molar-refractivity contribution in [1.82, 2.24) is 0 Å². The van der Waals surface area contributed by atoms with Crippen LogP contribution in [-0.4, -0.2) is 12.8 Å². The fourth-order valence-electron chi connectivity index (χ4n) is 0.316. The maximum atomic E-state index is 3.91. The molecule has 0 aliphatic carbocycles. The molecule has 0 atom stereocenters. The van der Waals surface area contributed by atoms with E-state index in [9.17, 15) is 0 Å². The van der Waals surface area contributed by atoms with Crippen molar-refractivity contribution in [3.8, 4) is 0 Å². The standard InChI is InChI=1S/C6H11N.2C2H6/c1-4-5-6(2)7-3;2*1-2/h4-5H,1-3H3;2*1-2H3/b5-4-,7-6?;;. The van der Waals surface area contributed by atoms with Crippen LogP contribution in [0.4, 0.5) is 0 Å². The molecule has 11 heavy (non-hydrogen) atoms. The van der Waals surface area contributed by atoms with Gasteiger partial charge in [0.1, 0.15) is 0 Å². The molecule has 0 rings (SSSR count). The summed E-state index contributed by atoms with van der Waals surface area (Å²) in [6.07, 6.45) is 3.95. The molecule has 0 radical (unpaired) electrons. The van der Waals surface area contributed by atoms with Crippen LogP contribution in [0.15, 0.2) is 17.1 Å². The first-order chi connectivity index (χ1) is 5.31. The van der Waals surface area contributed by atoms with Crippen LogP contribution in [-0.2, 0) is 0 Å². The number of allylic oxidation sites excluding steroid dienone is 2. The van der Waals surface area contributed by atoms with E-state index in [4.69, 9.17) is 0 Å². The highest BCUT2D eigenvalue weighted by atomic mass is 14.7. The molecule has 0 unspecified atom stereocenters. The molecule has 1 heteroatoms. The maximum Gasteiger partial charge on any atom is 0.0310 e. The van der Waals surface area contributed by atoms with Crippen molar-refractivity contribution >= 4 is 5.71 Å². The molecule has 0 N–H and O–H groups in total. The van der Waals surface area contributed by atoms with E-state index in [1.54, 1.807) is 7.05 Å². The highest BCUT2D eigenvalue weighted by Gasteiger charge is 1.71. The average molecular weight is 157 g/mol. The second kappa shape index (κ2) is 22.7. The summed E-state index contributed by atoms with van der Waals surface area (Å²) in [6, 6.07) is 0. The van der Waals surface area contributed by atoms with Crippen molar-refractivity contribution in [2.75, 3.05) is 7.05 Å². The Hall–Kier alpha value is -0.590. The third kappa shape index (κ3) is 26.6. The zero-order valence-corrected chi connectivity index (χ0v) is 9.10. The minimum absolute atomic E-state index is 1.07. The van der Waals surface area contributed by atoms with Gasteiger partial charge in [0.2, 0.25) is 0 Å². The maximum absolute atomic E-state index is 3.91. The predicted octanol–water partition coefficient (Wildman–Crippen LogP) is 3.71. The molecule has 0 aromatic heterocycles. The molecule has 0 spiro atoms. The van der Waals surface area contributed by atoms with Gasteiger partial charge in [0.15, 0.2) is 0 Å². The van der Waals surface area contributed by atoms with Gasteiger partial charge in [-0.2, -0.15) is 0 Å². The average Bonchev–Trinajstić information content (AvgIpc) is 2.12. The largest absolute Gasteiger partial charge is 0.293 e. The summed E-state index contributed by atoms with van der Waals surface area (Å²) in [7, 11) is 1.79. The van der Waals surface area contributed by atoms with Gasteiger partial charge in [-0.3, -0.25) is 4.99 Å². The lowest BCUT2D eigenvalue weighted by atomic mass is 10.4. The molecule has 1 nitrogen and oxygen atoms in total. The molecule has 0 aromatic carbocycles. The summed E-state index contributed by atoms with van der Waals surface area (Å²) in [4.78, 5) is 3.91. The molecule has 0 heterocycles. The van der Waals surface area contributed by atoms with E-state index in [2.05, 4.69) is 4.99 Å². The van der Waals surface area contributed by atoms with Crippen LogP contribution in [0.5, 0.6) is 0 Å². The molecule has 0 aliphatic heterocycles. The number of aliphatic imine (C=N–C) groups is 1. The van der Waals surface area contributed by atoms with Crippen molar-refractivity contribution in [2.24, 2.45) is 4.99 Å². The molecule has 0 aliphatic rings. The number of hydrogen-bond donors (Lipinski definition) is 0. The van der Waals surface area contributed by atoms with Crippen LogP contribution in [0.25, 0.3) is 0 Å². The zero-order chi connectivity index (χ0) is 9.70. The minimum atomic E-state index is 1.07. The third-order valence-electron chi connectivity index (χ3n) is 0.761. The Morgan fingerprint density at radius 3 is 1.55 bits per heavy atom. The minimum Gasteiger partial charge on any atom is -0.293 e. The quantitative estimate of drug-likeness (QED) is 0.515. The van der Waals surface area contributed by atoms with E-state index in [0.29, 0.717) is 0 Å². The molecular formula is C10H23N. The monoisotopic (exact) mass is 157 g/mol. The van der Waals surface area contributed by atoms with E-state index in [1.165, 1.54) is 0 Å². The van der Waals surface area contributed by atoms with E-state index in [1.807, 2.05) is 53.7 Å². The zero-order valence-electron chi connectivity index (χ0n) is 9.10. The summed E-state index contributed by atoms with van der Waals surface area (Å²) < 4.78 is 0. The Kier molecular flexibility index (Phi) is 34.7. The summed E-state index contributed by atoms with van der Waals surface area (Å²) >= 11 is 0. The van der Waals surface area contributed by atoms with Gasteiger partial charge in [-0.15, -0.1) is 0 Å². The summed E-state index contributed by atoms with van der Waals surface area (Å²) in [5.41, 5.74) is 1.07. The van der Waals surface area contributed by atoms with Crippen LogP contribution in [0, 0.1) is 0 Å². The topological polar surface area (TPSA) is 12.4 Å². The number of hydrogen-bond acceptors (Lipinski definition) is 1. The first kappa shape index (κ1) is 16.8. The van der Waals surface area contributed by atoms with E-state index < -0.39 is 0 Å². The van der Waals surface area contributed by atoms with Gasteiger partial charge in [-0.25, -0.2) is 0 Å². The first-order valence-electron chi connectivity index (χ1n) is 4.37. The SMILES string of the molecule is C/C=C\C(C)=NC.CC.CC. The van der Waals surface area contributed by atoms with Crippen molar-refractivity contribution in [2.45, 2.75) is 41.5 Å². The van der Waals surface area contributed by atoms with Gasteiger partial charge < -0.3 is 0 Å². The number of nitrogens with zero attached hydrogens (tertiary/aromatic N) is 1. The van der Waals surface area contributed by atoms with E-state index >= 15 is 0 Å². The smallest absolute Gasteiger partial charge is 0.0310 e. The predicted molar refractivity (Wildman–Crippen MR) is 56.5 cm³/mol. The Balaban J connectivity index is -0.000000138. The molecule has 0 amide bonds. The van der Waals surface area contributed by atoms with Gasteiger partial charge in [0, 0.05) is 12.8 Å². The highest BCUT2D eigenvalue weighted by Crippen LogP contribution is 1.75. The first-order valence-corrected chi connectivity index (χ1v) is 4.37. The Bertz CT molecular complexity index is 91.0. The fraction of sp³-hybridized carbons (Fsp3) is 0.700. The highest BCUT2D eigenvalue weighted by molar-refractivity contribution is 5.92. The van der Waals surface area contributed by atoms with Gasteiger partial charge in [-0.1, -0.05) is 33.8 Å². The second-order valence-electron chi connectivity index (χ2n) is 1.36. The lowest BCUT2D eigenvalue weighted by molar-refractivity contribution is 1.43. The van der Waals surface area contributed by atoms with E-state index in [-0.39, 0.29) is 0 Å². The summed E-state index contributed by atoms with van der Waals surface area (Å²) in [5, 5.41) is 0. The third-order valence-corrected chi connectivity index (χ3v) is 0.761. The summed E-state index contributed by atoms with van der Waals surface area (Å²) in [5.74, 6) is 0. The Morgan fingerprint density at radius 1 is 1.09 bits per heavy atom. The molecule has 68 valence electrons. The lowest BCUT2D eigenvalue weighted by Crippen LogP contribution is -1.79. The lowest BCUT2D eigenvalue weighted by Gasteiger charge is -1.80. The Labute approximate surface area is 72.2 Å². The van der Waals surface area contributed by atoms with Gasteiger partial charge in [-0.05, 0) is 19.9 Å². The Morgan fingerprint density at radius 2 is 1.45 bits per heavy atom. The molecular weight excluding hydrogens is 134 g/mol. The van der Waals surface area contributed by atoms with Gasteiger partial charge in [0.05, 0.1) is 0 Å². The van der Waals surface area contributed by atoms with Crippen LogP contribution in [0.2, 0.25) is 0 Å². The summed E-state index contributed by atoms with van der Waals surface area (Å²) in [6.45, 7) is 12.0. The van der Waals surface area contributed by atoms with Crippen LogP contribution < -0.4 is 0 Å². The normalized spacial score (nSPS) is 9.55. The van der Waals surface area contributed by atoms with Crippen LogP contribution in [0.1, 0.15) is 41.5 Å². The second-order valence-corrected chi connectivity index (χ2v) is 1.36. The van der Waals surface area contributed by atoms with Gasteiger partial charge >= 0.3 is 0 Å². The van der Waals surface area contributed by atoms with Crippen molar-refractivity contribution in [1.29, 1.82) is 0 Å². The molecule has 0 saturated heterocycles. The molecule has 0 bridgehead atoms. The molecule has 0 saturated carbocycles. The van der Waals surface area contributed by atoms with Crippen molar-refractivity contribution in [3.63, 3.8) is 0 Å². The van der Waals surface area contributed by atoms with Crippen molar-refractivity contribution < 1.29 is 0 Å². The molecule has 0 fully saturated rings. The number of rotatable bonds is 1.